The monoisotopic (exact) mass is 362 g/mol. The minimum Gasteiger partial charge on any atom is -0.497 e. The molecular formula is C18H16F2N2O2S. The molecule has 0 fully saturated rings. The lowest BCUT2D eigenvalue weighted by Crippen LogP contribution is -2.00. The number of nitrogens with zero attached hydrogens (tertiary/aromatic N) is 2. The number of hydrogen-bond donors (Lipinski definition) is 0. The molecule has 130 valence electrons. The molecule has 4 nitrogen and oxygen atoms in total. The molecule has 2 aromatic carbocycles. The Hall–Kier alpha value is -2.54. The quantitative estimate of drug-likeness (QED) is 0.682. The number of alkyl halides is 2. The molecule has 0 radical (unpaired) electrons. The zero-order valence-electron chi connectivity index (χ0n) is 13.6. The van der Waals surface area contributed by atoms with Crippen molar-refractivity contribution in [3.8, 4) is 22.7 Å². The van der Waals surface area contributed by atoms with Gasteiger partial charge in [-0.05, 0) is 42.5 Å². The van der Waals surface area contributed by atoms with Crippen LogP contribution < -0.4 is 4.74 Å². The molecule has 3 rings (SSSR count). The van der Waals surface area contributed by atoms with Crippen molar-refractivity contribution in [1.29, 1.82) is 0 Å². The predicted molar refractivity (Wildman–Crippen MR) is 92.8 cm³/mol. The van der Waals surface area contributed by atoms with E-state index >= 15 is 0 Å². The van der Waals surface area contributed by atoms with E-state index in [1.165, 1.54) is 10.7 Å². The molecule has 1 atom stereocenters. The number of halogens is 2. The van der Waals surface area contributed by atoms with E-state index in [9.17, 15) is 13.0 Å². The lowest BCUT2D eigenvalue weighted by molar-refractivity contribution is 0.145. The van der Waals surface area contributed by atoms with Gasteiger partial charge in [-0.25, -0.2) is 13.5 Å². The largest absolute Gasteiger partial charge is 0.497 e. The molecule has 0 saturated carbocycles. The third-order valence-corrected chi connectivity index (χ3v) is 4.69. The van der Waals surface area contributed by atoms with E-state index in [0.717, 1.165) is 0 Å². The highest BCUT2D eigenvalue weighted by molar-refractivity contribution is 7.84. The van der Waals surface area contributed by atoms with Crippen LogP contribution in [0.25, 0.3) is 16.9 Å². The molecule has 0 amide bonds. The second-order valence-corrected chi connectivity index (χ2v) is 6.72. The van der Waals surface area contributed by atoms with Crippen LogP contribution in [0.1, 0.15) is 12.1 Å². The van der Waals surface area contributed by atoms with E-state index in [2.05, 4.69) is 5.10 Å². The van der Waals surface area contributed by atoms with E-state index in [4.69, 9.17) is 4.74 Å². The van der Waals surface area contributed by atoms with Crippen molar-refractivity contribution in [2.45, 2.75) is 11.3 Å². The summed E-state index contributed by atoms with van der Waals surface area (Å²) in [6.07, 6.45) is -1.08. The average Bonchev–Trinajstić information content (AvgIpc) is 3.07. The number of methoxy groups -OCH3 is 1. The maximum Gasteiger partial charge on any atom is 0.282 e. The molecule has 0 aliphatic carbocycles. The zero-order valence-corrected chi connectivity index (χ0v) is 14.5. The maximum atomic E-state index is 13.1. The van der Waals surface area contributed by atoms with Crippen molar-refractivity contribution < 1.29 is 17.7 Å². The van der Waals surface area contributed by atoms with Crippen LogP contribution in [0.3, 0.4) is 0 Å². The van der Waals surface area contributed by atoms with Crippen molar-refractivity contribution in [2.24, 2.45) is 0 Å². The SMILES string of the molecule is COc1ccc(-n2nc(C(F)F)cc2-c2ccc(S(C)=O)cc2)cc1. The fourth-order valence-electron chi connectivity index (χ4n) is 2.45. The van der Waals surface area contributed by atoms with Crippen LogP contribution in [-0.2, 0) is 10.8 Å². The van der Waals surface area contributed by atoms with Gasteiger partial charge in [-0.15, -0.1) is 0 Å². The van der Waals surface area contributed by atoms with Gasteiger partial charge in [-0.2, -0.15) is 5.10 Å². The van der Waals surface area contributed by atoms with Crippen molar-refractivity contribution in [2.75, 3.05) is 13.4 Å². The summed E-state index contributed by atoms with van der Waals surface area (Å²) < 4.78 is 44.4. The number of rotatable bonds is 5. The smallest absolute Gasteiger partial charge is 0.282 e. The van der Waals surface area contributed by atoms with Gasteiger partial charge in [0, 0.05) is 27.5 Å². The normalized spacial score (nSPS) is 12.4. The van der Waals surface area contributed by atoms with Crippen molar-refractivity contribution >= 4 is 10.8 Å². The molecule has 1 heterocycles. The Morgan fingerprint density at radius 1 is 1.08 bits per heavy atom. The summed E-state index contributed by atoms with van der Waals surface area (Å²) in [6, 6.07) is 15.3. The van der Waals surface area contributed by atoms with Gasteiger partial charge in [0.15, 0.2) is 0 Å². The fourth-order valence-corrected chi connectivity index (χ4v) is 2.97. The highest BCUT2D eigenvalue weighted by atomic mass is 32.2. The second kappa shape index (κ2) is 7.14. The Morgan fingerprint density at radius 3 is 2.24 bits per heavy atom. The first-order valence-corrected chi connectivity index (χ1v) is 9.02. The van der Waals surface area contributed by atoms with E-state index in [-0.39, 0.29) is 5.69 Å². The van der Waals surface area contributed by atoms with E-state index in [1.54, 1.807) is 61.9 Å². The lowest BCUT2D eigenvalue weighted by atomic mass is 10.1. The molecule has 1 unspecified atom stereocenters. The summed E-state index contributed by atoms with van der Waals surface area (Å²) in [5, 5.41) is 4.04. The minimum atomic E-state index is -2.67. The Morgan fingerprint density at radius 2 is 1.72 bits per heavy atom. The summed E-state index contributed by atoms with van der Waals surface area (Å²) in [5.41, 5.74) is 1.60. The summed E-state index contributed by atoms with van der Waals surface area (Å²) in [4.78, 5) is 0.674. The Labute approximate surface area is 146 Å². The highest BCUT2D eigenvalue weighted by Gasteiger charge is 2.18. The van der Waals surface area contributed by atoms with Crippen molar-refractivity contribution in [1.82, 2.24) is 9.78 Å². The standard InChI is InChI=1S/C18H16F2N2O2S/c1-24-14-7-5-13(6-8-14)22-17(11-16(21-22)18(19)20)12-3-9-15(10-4-12)25(2)23/h3-11,18H,1-2H3. The third-order valence-electron chi connectivity index (χ3n) is 3.75. The molecule has 0 aliphatic heterocycles. The van der Waals surface area contributed by atoms with Crippen LogP contribution in [0.15, 0.2) is 59.5 Å². The molecule has 0 bridgehead atoms. The van der Waals surface area contributed by atoms with Crippen LogP contribution in [0.5, 0.6) is 5.75 Å². The van der Waals surface area contributed by atoms with Gasteiger partial charge < -0.3 is 4.74 Å². The first-order chi connectivity index (χ1) is 12.0. The van der Waals surface area contributed by atoms with Gasteiger partial charge in [0.2, 0.25) is 0 Å². The number of hydrogen-bond acceptors (Lipinski definition) is 3. The summed E-state index contributed by atoms with van der Waals surface area (Å²) in [5.74, 6) is 0.668. The third kappa shape index (κ3) is 3.61. The maximum absolute atomic E-state index is 13.1. The molecule has 0 saturated heterocycles. The Bertz CT molecular complexity index is 890. The first kappa shape index (κ1) is 17.3. The molecule has 7 heteroatoms. The minimum absolute atomic E-state index is 0.297. The number of ether oxygens (including phenoxy) is 1. The van der Waals surface area contributed by atoms with Crippen LogP contribution in [-0.4, -0.2) is 27.4 Å². The van der Waals surface area contributed by atoms with E-state index < -0.39 is 17.2 Å². The molecule has 0 spiro atoms. The zero-order chi connectivity index (χ0) is 18.0. The van der Waals surface area contributed by atoms with Gasteiger partial charge in [0.25, 0.3) is 6.43 Å². The second-order valence-electron chi connectivity index (χ2n) is 5.34. The van der Waals surface area contributed by atoms with Gasteiger partial charge in [0.05, 0.1) is 18.5 Å². The van der Waals surface area contributed by atoms with Gasteiger partial charge >= 0.3 is 0 Å². The Balaban J connectivity index is 2.09. The molecule has 3 aromatic rings. The average molecular weight is 362 g/mol. The molecule has 25 heavy (non-hydrogen) atoms. The molecule has 0 N–H and O–H groups in total. The van der Waals surface area contributed by atoms with Crippen molar-refractivity contribution in [3.63, 3.8) is 0 Å². The van der Waals surface area contributed by atoms with Crippen molar-refractivity contribution in [3.05, 3.63) is 60.3 Å². The van der Waals surface area contributed by atoms with Gasteiger partial charge in [-0.1, -0.05) is 12.1 Å². The number of aromatic nitrogens is 2. The Kier molecular flexibility index (Phi) is 4.94. The van der Waals surface area contributed by atoms with Crippen LogP contribution in [0, 0.1) is 0 Å². The number of benzene rings is 2. The summed E-state index contributed by atoms with van der Waals surface area (Å²) in [6.45, 7) is 0. The predicted octanol–water partition coefficient (Wildman–Crippen LogP) is 4.22. The van der Waals surface area contributed by atoms with Crippen LogP contribution in [0.4, 0.5) is 8.78 Å². The molecule has 1 aromatic heterocycles. The van der Waals surface area contributed by atoms with E-state index in [1.807, 2.05) is 0 Å². The van der Waals surface area contributed by atoms with Crippen LogP contribution in [0.2, 0.25) is 0 Å². The highest BCUT2D eigenvalue weighted by Crippen LogP contribution is 2.29. The lowest BCUT2D eigenvalue weighted by Gasteiger charge is -2.09. The van der Waals surface area contributed by atoms with Gasteiger partial charge in [0.1, 0.15) is 11.4 Å². The summed E-state index contributed by atoms with van der Waals surface area (Å²) >= 11 is 0. The van der Waals surface area contributed by atoms with Gasteiger partial charge in [-0.3, -0.25) is 4.21 Å². The van der Waals surface area contributed by atoms with Crippen LogP contribution >= 0.6 is 0 Å². The topological polar surface area (TPSA) is 44.1 Å². The molecule has 0 aliphatic rings. The fraction of sp³-hybridized carbons (Fsp3) is 0.167. The first-order valence-electron chi connectivity index (χ1n) is 7.46. The van der Waals surface area contributed by atoms with E-state index in [0.29, 0.717) is 27.6 Å². The summed E-state index contributed by atoms with van der Waals surface area (Å²) in [7, 11) is 0.461. The molecular weight excluding hydrogens is 346 g/mol.